The highest BCUT2D eigenvalue weighted by molar-refractivity contribution is 9.10. The summed E-state index contributed by atoms with van der Waals surface area (Å²) in [4.78, 5) is 26.0. The van der Waals surface area contributed by atoms with E-state index in [1.807, 2.05) is 39.0 Å². The number of carboxylic acids is 1. The molecule has 4 unspecified atom stereocenters. The van der Waals surface area contributed by atoms with Crippen molar-refractivity contribution < 1.29 is 19.1 Å². The molecule has 2 aromatic carbocycles. The molecule has 4 atom stereocenters. The molecule has 2 aliphatic rings. The van der Waals surface area contributed by atoms with Gasteiger partial charge in [0.2, 0.25) is 5.91 Å². The molecule has 1 fully saturated rings. The summed E-state index contributed by atoms with van der Waals surface area (Å²) in [6.45, 7) is 6.09. The number of carboxylic acid groups (broad SMARTS) is 1. The van der Waals surface area contributed by atoms with Gasteiger partial charge in [0.1, 0.15) is 17.3 Å². The van der Waals surface area contributed by atoms with E-state index >= 15 is 0 Å². The van der Waals surface area contributed by atoms with Crippen LogP contribution < -0.4 is 10.6 Å². The van der Waals surface area contributed by atoms with Crippen molar-refractivity contribution in [1.82, 2.24) is 5.32 Å². The summed E-state index contributed by atoms with van der Waals surface area (Å²) in [6, 6.07) is 8.40. The third-order valence-electron chi connectivity index (χ3n) is 6.17. The third-order valence-corrected chi connectivity index (χ3v) is 6.96. The number of nitrogens with one attached hydrogen (secondary N) is 2. The van der Waals surface area contributed by atoms with Crippen LogP contribution in [-0.4, -0.2) is 29.1 Å². The molecule has 2 aromatic rings. The number of carbonyl (C=O) groups is 2. The average Bonchev–Trinajstić information content (AvgIpc) is 3.12. The van der Waals surface area contributed by atoms with Gasteiger partial charge in [0.25, 0.3) is 0 Å². The number of hydrogen-bond acceptors (Lipinski definition) is 3. The van der Waals surface area contributed by atoms with E-state index in [-0.39, 0.29) is 16.3 Å². The van der Waals surface area contributed by atoms with E-state index in [0.717, 1.165) is 4.47 Å². The Hall–Kier alpha value is -1.96. The lowest BCUT2D eigenvalue weighted by Gasteiger charge is -2.37. The minimum absolute atomic E-state index is 0.0942. The van der Waals surface area contributed by atoms with Gasteiger partial charge in [-0.15, -0.1) is 0 Å². The normalized spacial score (nSPS) is 27.4. The van der Waals surface area contributed by atoms with Crippen molar-refractivity contribution in [3.8, 4) is 0 Å². The quantitative estimate of drug-likeness (QED) is 0.539. The molecule has 1 saturated heterocycles. The summed E-state index contributed by atoms with van der Waals surface area (Å²) in [5.41, 5.74) is 0.0215. The molecule has 4 rings (SSSR count). The van der Waals surface area contributed by atoms with E-state index in [1.165, 1.54) is 12.1 Å². The maximum atomic E-state index is 14.6. The van der Waals surface area contributed by atoms with Gasteiger partial charge in [0.15, 0.2) is 0 Å². The van der Waals surface area contributed by atoms with Crippen LogP contribution in [-0.2, 0) is 15.0 Å². The van der Waals surface area contributed by atoms with Gasteiger partial charge in [-0.2, -0.15) is 0 Å². The second-order valence-corrected chi connectivity index (χ2v) is 10.8. The molecule has 1 amide bonds. The summed E-state index contributed by atoms with van der Waals surface area (Å²) in [7, 11) is 0. The summed E-state index contributed by atoms with van der Waals surface area (Å²) in [5, 5.41) is 16.1. The fourth-order valence-corrected chi connectivity index (χ4v) is 5.70. The Morgan fingerprint density at radius 2 is 2.00 bits per heavy atom. The van der Waals surface area contributed by atoms with Gasteiger partial charge in [-0.3, -0.25) is 14.9 Å². The van der Waals surface area contributed by atoms with Crippen molar-refractivity contribution in [3.05, 3.63) is 62.8 Å². The highest BCUT2D eigenvalue weighted by Gasteiger charge is 2.66. The lowest BCUT2D eigenvalue weighted by molar-refractivity contribution is -0.139. The number of anilines is 1. The predicted octanol–water partition coefficient (Wildman–Crippen LogP) is 5.08. The van der Waals surface area contributed by atoms with Crippen molar-refractivity contribution in [2.45, 2.75) is 50.6 Å². The Kier molecular flexibility index (Phi) is 5.43. The SMILES string of the molecule is CC(C)(C)CC1NC(C(=O)O)C(c2cccc(Br)c2)C12C(=O)Nc1cc(Cl)c(F)cc12. The highest BCUT2D eigenvalue weighted by Crippen LogP contribution is 2.57. The van der Waals surface area contributed by atoms with Crippen LogP contribution >= 0.6 is 27.5 Å². The zero-order chi connectivity index (χ0) is 22.7. The second-order valence-electron chi connectivity index (χ2n) is 9.47. The molecule has 1 spiro atoms. The Morgan fingerprint density at radius 3 is 2.61 bits per heavy atom. The molecule has 0 aromatic heterocycles. The molecule has 0 radical (unpaired) electrons. The number of amides is 1. The van der Waals surface area contributed by atoms with E-state index < -0.39 is 35.2 Å². The van der Waals surface area contributed by atoms with Crippen molar-refractivity contribution >= 4 is 45.1 Å². The molecule has 3 N–H and O–H groups in total. The average molecular weight is 510 g/mol. The van der Waals surface area contributed by atoms with Gasteiger partial charge in [0, 0.05) is 22.1 Å². The van der Waals surface area contributed by atoms with Crippen LogP contribution in [0.15, 0.2) is 40.9 Å². The number of carbonyl (C=O) groups excluding carboxylic acids is 1. The molecule has 0 saturated carbocycles. The Morgan fingerprint density at radius 1 is 1.29 bits per heavy atom. The summed E-state index contributed by atoms with van der Waals surface area (Å²) >= 11 is 9.44. The lowest BCUT2D eigenvalue weighted by Crippen LogP contribution is -2.49. The molecular weight excluding hydrogens is 487 g/mol. The first-order chi connectivity index (χ1) is 14.4. The molecule has 0 aliphatic carbocycles. The minimum Gasteiger partial charge on any atom is -0.480 e. The summed E-state index contributed by atoms with van der Waals surface area (Å²) in [5.74, 6) is -2.80. The van der Waals surface area contributed by atoms with Gasteiger partial charge < -0.3 is 10.4 Å². The molecule has 0 bridgehead atoms. The summed E-state index contributed by atoms with van der Waals surface area (Å²) in [6.07, 6.45) is 0.512. The molecule has 5 nitrogen and oxygen atoms in total. The number of rotatable bonds is 3. The number of fused-ring (bicyclic) bond motifs is 2. The molecule has 8 heteroatoms. The van der Waals surface area contributed by atoms with Crippen molar-refractivity contribution in [3.63, 3.8) is 0 Å². The van der Waals surface area contributed by atoms with E-state index in [9.17, 15) is 19.1 Å². The summed E-state index contributed by atoms with van der Waals surface area (Å²) < 4.78 is 15.4. The number of aliphatic carboxylic acids is 1. The molecule has 2 aliphatic heterocycles. The maximum Gasteiger partial charge on any atom is 0.321 e. The monoisotopic (exact) mass is 508 g/mol. The van der Waals surface area contributed by atoms with E-state index in [2.05, 4.69) is 26.6 Å². The number of benzene rings is 2. The van der Waals surface area contributed by atoms with Crippen LogP contribution in [0.3, 0.4) is 0 Å². The highest BCUT2D eigenvalue weighted by atomic mass is 79.9. The number of halogens is 3. The van der Waals surface area contributed by atoms with E-state index in [4.69, 9.17) is 11.6 Å². The van der Waals surface area contributed by atoms with Crippen LogP contribution in [0.25, 0.3) is 0 Å². The van der Waals surface area contributed by atoms with Crippen molar-refractivity contribution in [2.24, 2.45) is 5.41 Å². The van der Waals surface area contributed by atoms with Crippen molar-refractivity contribution in [1.29, 1.82) is 0 Å². The Balaban J connectivity index is 2.03. The number of hydrogen-bond donors (Lipinski definition) is 3. The zero-order valence-electron chi connectivity index (χ0n) is 17.3. The fourth-order valence-electron chi connectivity index (χ4n) is 5.12. The first-order valence-corrected chi connectivity index (χ1v) is 11.2. The van der Waals surface area contributed by atoms with Crippen molar-refractivity contribution in [2.75, 3.05) is 5.32 Å². The first kappa shape index (κ1) is 22.2. The second kappa shape index (κ2) is 7.57. The van der Waals surface area contributed by atoms with Gasteiger partial charge in [-0.1, -0.05) is 60.4 Å². The molecular formula is C23H23BrClFN2O3. The van der Waals surface area contributed by atoms with Crippen LogP contribution in [0.2, 0.25) is 5.02 Å². The molecule has 31 heavy (non-hydrogen) atoms. The van der Waals surface area contributed by atoms with Crippen LogP contribution in [0.4, 0.5) is 10.1 Å². The smallest absolute Gasteiger partial charge is 0.321 e. The molecule has 2 heterocycles. The van der Waals surface area contributed by atoms with Gasteiger partial charge in [-0.25, -0.2) is 4.39 Å². The van der Waals surface area contributed by atoms with Gasteiger partial charge in [0.05, 0.1) is 5.02 Å². The zero-order valence-corrected chi connectivity index (χ0v) is 19.6. The Labute approximate surface area is 193 Å². The predicted molar refractivity (Wildman–Crippen MR) is 121 cm³/mol. The standard InChI is InChI=1S/C23H23BrClFN2O3/c1-22(2,3)10-17-23(13-8-15(26)14(25)9-16(13)27-21(23)31)18(19(28-17)20(29)30)11-5-4-6-12(24)7-11/h4-9,17-19,28H,10H2,1-3H3,(H,27,31)(H,29,30). The topological polar surface area (TPSA) is 78.4 Å². The largest absolute Gasteiger partial charge is 0.480 e. The van der Waals surface area contributed by atoms with Crippen LogP contribution in [0.5, 0.6) is 0 Å². The first-order valence-electron chi connectivity index (χ1n) is 10.0. The van der Waals surface area contributed by atoms with E-state index in [1.54, 1.807) is 6.07 Å². The minimum atomic E-state index is -1.31. The third kappa shape index (κ3) is 3.56. The maximum absolute atomic E-state index is 14.6. The van der Waals surface area contributed by atoms with Gasteiger partial charge in [-0.05, 0) is 47.2 Å². The van der Waals surface area contributed by atoms with Gasteiger partial charge >= 0.3 is 5.97 Å². The molecule has 164 valence electrons. The van der Waals surface area contributed by atoms with Crippen LogP contribution in [0, 0.1) is 11.2 Å². The fraction of sp³-hybridized carbons (Fsp3) is 0.391. The Bertz CT molecular complexity index is 1090. The van der Waals surface area contributed by atoms with Crippen LogP contribution in [0.1, 0.15) is 44.2 Å². The van der Waals surface area contributed by atoms with E-state index in [0.29, 0.717) is 23.2 Å². The lowest BCUT2D eigenvalue weighted by atomic mass is 9.62.